The van der Waals surface area contributed by atoms with E-state index in [0.29, 0.717) is 16.6 Å². The Morgan fingerprint density at radius 2 is 1.97 bits per heavy atom. The van der Waals surface area contributed by atoms with E-state index < -0.39 is 0 Å². The monoisotopic (exact) mass is 451 g/mol. The molecule has 5 nitrogen and oxygen atoms in total. The number of aromatic amines is 1. The Morgan fingerprint density at radius 3 is 2.71 bits per heavy atom. The minimum atomic E-state index is 0.00973. The van der Waals surface area contributed by atoms with Crippen LogP contribution in [-0.4, -0.2) is 41.0 Å². The molecule has 0 unspecified atom stereocenters. The number of rotatable bonds is 4. The van der Waals surface area contributed by atoms with Crippen molar-refractivity contribution in [1.82, 2.24) is 14.9 Å². The molecule has 2 aromatic carbocycles. The van der Waals surface area contributed by atoms with Gasteiger partial charge < -0.3 is 14.6 Å². The zero-order chi connectivity index (χ0) is 21.4. The van der Waals surface area contributed by atoms with Gasteiger partial charge in [-0.25, -0.2) is 4.98 Å². The second-order valence-corrected chi connectivity index (χ2v) is 9.06. The molecule has 4 aromatic rings. The summed E-state index contributed by atoms with van der Waals surface area (Å²) in [7, 11) is 1.69. The molecule has 1 N–H and O–H groups in total. The van der Waals surface area contributed by atoms with Crippen LogP contribution in [-0.2, 0) is 0 Å². The van der Waals surface area contributed by atoms with Gasteiger partial charge in [-0.1, -0.05) is 23.7 Å². The predicted molar refractivity (Wildman–Crippen MR) is 125 cm³/mol. The highest BCUT2D eigenvalue weighted by Crippen LogP contribution is 2.35. The number of fused-ring (bicyclic) bond motifs is 1. The average Bonchev–Trinajstić information content (AvgIpc) is 3.46. The number of halogens is 1. The number of nitrogens with one attached hydrogen (secondary N) is 1. The van der Waals surface area contributed by atoms with Crippen LogP contribution in [0.4, 0.5) is 0 Å². The number of carbonyl (C=O) groups is 1. The zero-order valence-electron chi connectivity index (χ0n) is 17.1. The van der Waals surface area contributed by atoms with Crippen LogP contribution in [0.5, 0.6) is 5.75 Å². The summed E-state index contributed by atoms with van der Waals surface area (Å²) in [6.45, 7) is 1.46. The van der Waals surface area contributed by atoms with Gasteiger partial charge in [0.05, 0.1) is 7.11 Å². The van der Waals surface area contributed by atoms with E-state index in [1.54, 1.807) is 7.11 Å². The topological polar surface area (TPSA) is 58.2 Å². The van der Waals surface area contributed by atoms with Gasteiger partial charge >= 0.3 is 0 Å². The molecule has 31 heavy (non-hydrogen) atoms. The molecule has 0 spiro atoms. The van der Waals surface area contributed by atoms with Gasteiger partial charge in [0.1, 0.15) is 16.5 Å². The van der Waals surface area contributed by atoms with Crippen molar-refractivity contribution in [3.63, 3.8) is 0 Å². The average molecular weight is 452 g/mol. The van der Waals surface area contributed by atoms with Gasteiger partial charge in [0.2, 0.25) is 0 Å². The Bertz CT molecular complexity index is 1220. The number of nitrogens with zero attached hydrogens (tertiary/aromatic N) is 2. The Balaban J connectivity index is 1.28. The number of piperidine rings is 1. The van der Waals surface area contributed by atoms with Crippen LogP contribution in [0.3, 0.4) is 0 Å². The van der Waals surface area contributed by atoms with E-state index in [4.69, 9.17) is 16.3 Å². The lowest BCUT2D eigenvalue weighted by Gasteiger charge is -2.31. The molecule has 1 aliphatic heterocycles. The number of hydrogen-bond donors (Lipinski definition) is 1. The number of hydrogen-bond acceptors (Lipinski definition) is 4. The fourth-order valence-electron chi connectivity index (χ4n) is 4.24. The van der Waals surface area contributed by atoms with Gasteiger partial charge in [-0.3, -0.25) is 4.79 Å². The number of benzene rings is 2. The van der Waals surface area contributed by atoms with E-state index in [2.05, 4.69) is 28.3 Å². The van der Waals surface area contributed by atoms with E-state index in [1.165, 1.54) is 22.3 Å². The lowest BCUT2D eigenvalue weighted by Crippen LogP contribution is -2.38. The maximum absolute atomic E-state index is 13.0. The lowest BCUT2D eigenvalue weighted by molar-refractivity contribution is 0.0708. The van der Waals surface area contributed by atoms with Gasteiger partial charge in [0.25, 0.3) is 5.91 Å². The van der Waals surface area contributed by atoms with Crippen LogP contribution in [0, 0.1) is 0 Å². The number of aromatic nitrogens is 2. The van der Waals surface area contributed by atoms with Gasteiger partial charge in [-0.05, 0) is 54.7 Å². The highest BCUT2D eigenvalue weighted by molar-refractivity contribution is 7.13. The van der Waals surface area contributed by atoms with Crippen molar-refractivity contribution >= 4 is 39.7 Å². The molecule has 1 amide bonds. The van der Waals surface area contributed by atoms with Crippen molar-refractivity contribution < 1.29 is 9.53 Å². The number of carbonyl (C=O) groups excluding carboxylic acids is 1. The SMILES string of the molecule is COc1ccc2[nH]cc(C3CCN(C(=O)c4csc(-c5ccc(Cl)cc5)n4)CC3)c2c1. The first-order chi connectivity index (χ1) is 15.1. The van der Waals surface area contributed by atoms with E-state index in [0.717, 1.165) is 47.8 Å². The fourth-order valence-corrected chi connectivity index (χ4v) is 5.16. The second kappa shape index (κ2) is 8.36. The minimum absolute atomic E-state index is 0.00973. The van der Waals surface area contributed by atoms with E-state index in [-0.39, 0.29) is 5.91 Å². The van der Waals surface area contributed by atoms with Crippen molar-refractivity contribution in [3.05, 3.63) is 70.3 Å². The summed E-state index contributed by atoms with van der Waals surface area (Å²) in [5.74, 6) is 1.29. The van der Waals surface area contributed by atoms with Gasteiger partial charge in [0, 0.05) is 46.2 Å². The molecular formula is C24H22ClN3O2S. The summed E-state index contributed by atoms with van der Waals surface area (Å²) in [5, 5.41) is 4.58. The molecule has 158 valence electrons. The van der Waals surface area contributed by atoms with Crippen molar-refractivity contribution in [3.8, 4) is 16.3 Å². The maximum Gasteiger partial charge on any atom is 0.273 e. The number of methoxy groups -OCH3 is 1. The van der Waals surface area contributed by atoms with E-state index in [9.17, 15) is 4.79 Å². The van der Waals surface area contributed by atoms with E-state index >= 15 is 0 Å². The molecule has 1 aliphatic rings. The third-order valence-corrected chi connectivity index (χ3v) is 7.10. The molecule has 0 atom stereocenters. The van der Waals surface area contributed by atoms with Gasteiger partial charge in [-0.15, -0.1) is 11.3 Å². The maximum atomic E-state index is 13.0. The largest absolute Gasteiger partial charge is 0.497 e. The Hall–Kier alpha value is -2.83. The molecule has 0 radical (unpaired) electrons. The van der Waals surface area contributed by atoms with Crippen molar-refractivity contribution in [1.29, 1.82) is 0 Å². The first-order valence-corrected chi connectivity index (χ1v) is 11.5. The summed E-state index contributed by atoms with van der Waals surface area (Å²) in [6.07, 6.45) is 3.97. The van der Waals surface area contributed by atoms with Crippen molar-refractivity contribution in [2.24, 2.45) is 0 Å². The van der Waals surface area contributed by atoms with Crippen LogP contribution < -0.4 is 4.74 Å². The number of thiazole rings is 1. The number of H-pyrrole nitrogens is 1. The summed E-state index contributed by atoms with van der Waals surface area (Å²) < 4.78 is 5.39. The van der Waals surface area contributed by atoms with Crippen LogP contribution in [0.1, 0.15) is 34.8 Å². The summed E-state index contributed by atoms with van der Waals surface area (Å²) in [5.41, 5.74) is 3.92. The molecule has 3 heterocycles. The molecule has 0 aliphatic carbocycles. The standard InChI is InChI=1S/C24H22ClN3O2S/c1-30-18-6-7-21-19(12-18)20(13-26-21)15-8-10-28(11-9-15)24(29)22-14-31-23(27-22)16-2-4-17(25)5-3-16/h2-7,12-15,26H,8-11H2,1H3. The first-order valence-electron chi connectivity index (χ1n) is 10.3. The Kier molecular flexibility index (Phi) is 5.42. The second-order valence-electron chi connectivity index (χ2n) is 7.77. The van der Waals surface area contributed by atoms with Crippen molar-refractivity contribution in [2.45, 2.75) is 18.8 Å². The third-order valence-electron chi connectivity index (χ3n) is 5.96. The molecule has 5 rings (SSSR count). The Morgan fingerprint density at radius 1 is 1.19 bits per heavy atom. The molecule has 7 heteroatoms. The smallest absolute Gasteiger partial charge is 0.273 e. The van der Waals surface area contributed by atoms with Crippen molar-refractivity contribution in [2.75, 3.05) is 20.2 Å². The lowest BCUT2D eigenvalue weighted by atomic mass is 9.89. The predicted octanol–water partition coefficient (Wildman–Crippen LogP) is 5.97. The molecule has 0 saturated carbocycles. The zero-order valence-corrected chi connectivity index (χ0v) is 18.7. The summed E-state index contributed by atoms with van der Waals surface area (Å²) >= 11 is 7.45. The first kappa shape index (κ1) is 20.1. The van der Waals surface area contributed by atoms with Crippen LogP contribution >= 0.6 is 22.9 Å². The molecule has 2 aromatic heterocycles. The van der Waals surface area contributed by atoms with E-state index in [1.807, 2.05) is 40.6 Å². The normalized spacial score (nSPS) is 14.8. The molecule has 1 saturated heterocycles. The Labute approximate surface area is 189 Å². The summed E-state index contributed by atoms with van der Waals surface area (Å²) in [6, 6.07) is 13.6. The number of amides is 1. The highest BCUT2D eigenvalue weighted by Gasteiger charge is 2.27. The summed E-state index contributed by atoms with van der Waals surface area (Å²) in [4.78, 5) is 22.9. The number of likely N-dealkylation sites (tertiary alicyclic amines) is 1. The third kappa shape index (κ3) is 3.93. The van der Waals surface area contributed by atoms with Gasteiger partial charge in [-0.2, -0.15) is 0 Å². The quantitative estimate of drug-likeness (QED) is 0.415. The van der Waals surface area contributed by atoms with Crippen LogP contribution in [0.15, 0.2) is 54.0 Å². The molecule has 0 bridgehead atoms. The fraction of sp³-hybridized carbons (Fsp3) is 0.250. The van der Waals surface area contributed by atoms with Crippen LogP contribution in [0.2, 0.25) is 5.02 Å². The molecule has 1 fully saturated rings. The van der Waals surface area contributed by atoms with Crippen LogP contribution in [0.25, 0.3) is 21.5 Å². The number of ether oxygens (including phenoxy) is 1. The molecular weight excluding hydrogens is 430 g/mol. The minimum Gasteiger partial charge on any atom is -0.497 e. The highest BCUT2D eigenvalue weighted by atomic mass is 35.5. The van der Waals surface area contributed by atoms with Gasteiger partial charge in [0.15, 0.2) is 0 Å².